The molecule has 0 saturated carbocycles. The zero-order chi connectivity index (χ0) is 25.1. The van der Waals surface area contributed by atoms with Crippen LogP contribution in [0.4, 0.5) is 15.8 Å². The van der Waals surface area contributed by atoms with Crippen LogP contribution in [-0.4, -0.2) is 35.3 Å². The highest BCUT2D eigenvalue weighted by molar-refractivity contribution is 6.02. The number of aromatic amines is 1. The predicted octanol–water partition coefficient (Wildman–Crippen LogP) is 4.41. The monoisotopic (exact) mass is 484 g/mol. The van der Waals surface area contributed by atoms with Crippen LogP contribution in [0.3, 0.4) is 0 Å². The number of carbonyl (C=O) groups is 3. The third kappa shape index (κ3) is 4.98. The summed E-state index contributed by atoms with van der Waals surface area (Å²) in [5.41, 5.74) is 3.41. The molecule has 1 aromatic heterocycles. The fourth-order valence-electron chi connectivity index (χ4n) is 4.45. The van der Waals surface area contributed by atoms with Gasteiger partial charge in [0.2, 0.25) is 11.8 Å². The van der Waals surface area contributed by atoms with Gasteiger partial charge in [-0.1, -0.05) is 18.2 Å². The van der Waals surface area contributed by atoms with Gasteiger partial charge in [0.05, 0.1) is 0 Å². The Morgan fingerprint density at radius 3 is 2.47 bits per heavy atom. The maximum atomic E-state index is 13.3. The molecule has 36 heavy (non-hydrogen) atoms. The molecule has 1 aliphatic rings. The lowest BCUT2D eigenvalue weighted by atomic mass is 10.0. The summed E-state index contributed by atoms with van der Waals surface area (Å²) in [5.74, 6) is -1.22. The molecule has 0 aliphatic carbocycles. The van der Waals surface area contributed by atoms with Crippen LogP contribution in [0.5, 0.6) is 0 Å². The quantitative estimate of drug-likeness (QED) is 0.363. The van der Waals surface area contributed by atoms with Gasteiger partial charge >= 0.3 is 0 Å². The molecule has 182 valence electrons. The predicted molar refractivity (Wildman–Crippen MR) is 136 cm³/mol. The van der Waals surface area contributed by atoms with Crippen LogP contribution in [0.2, 0.25) is 0 Å². The SMILES string of the molecule is O=C(N[C@H](Cc1c[nH]c2ccccc12)C(=O)Nc1ccc(N2CCCC2=O)cc1)c1ccc(F)cc1. The molecule has 3 N–H and O–H groups in total. The van der Waals surface area contributed by atoms with E-state index in [0.29, 0.717) is 18.7 Å². The van der Waals surface area contributed by atoms with E-state index in [-0.39, 0.29) is 23.8 Å². The summed E-state index contributed by atoms with van der Waals surface area (Å²) in [7, 11) is 0. The van der Waals surface area contributed by atoms with Crippen LogP contribution in [-0.2, 0) is 16.0 Å². The number of anilines is 2. The fraction of sp³-hybridized carbons (Fsp3) is 0.179. The molecule has 5 rings (SSSR count). The summed E-state index contributed by atoms with van der Waals surface area (Å²) >= 11 is 0. The smallest absolute Gasteiger partial charge is 0.251 e. The molecule has 2 heterocycles. The van der Waals surface area contributed by atoms with Gasteiger partial charge in [-0.2, -0.15) is 0 Å². The highest BCUT2D eigenvalue weighted by Crippen LogP contribution is 2.24. The average Bonchev–Trinajstić information content (AvgIpc) is 3.50. The van der Waals surface area contributed by atoms with Crippen molar-refractivity contribution in [2.24, 2.45) is 0 Å². The first-order valence-electron chi connectivity index (χ1n) is 11.8. The van der Waals surface area contributed by atoms with Crippen LogP contribution < -0.4 is 15.5 Å². The van der Waals surface area contributed by atoms with E-state index in [2.05, 4.69) is 15.6 Å². The Bertz CT molecular complexity index is 1410. The maximum absolute atomic E-state index is 13.3. The van der Waals surface area contributed by atoms with E-state index >= 15 is 0 Å². The van der Waals surface area contributed by atoms with Crippen LogP contribution >= 0.6 is 0 Å². The number of nitrogens with zero attached hydrogens (tertiary/aromatic N) is 1. The molecule has 1 aliphatic heterocycles. The highest BCUT2D eigenvalue weighted by Gasteiger charge is 2.24. The second kappa shape index (κ2) is 10.0. The Kier molecular flexibility index (Phi) is 6.49. The number of nitrogens with one attached hydrogen (secondary N) is 3. The number of para-hydroxylation sites is 1. The number of hydrogen-bond donors (Lipinski definition) is 3. The van der Waals surface area contributed by atoms with Crippen molar-refractivity contribution in [2.45, 2.75) is 25.3 Å². The first-order valence-corrected chi connectivity index (χ1v) is 11.8. The zero-order valence-electron chi connectivity index (χ0n) is 19.5. The molecule has 3 aromatic carbocycles. The second-order valence-electron chi connectivity index (χ2n) is 8.78. The van der Waals surface area contributed by atoms with Crippen molar-refractivity contribution >= 4 is 40.0 Å². The van der Waals surface area contributed by atoms with Gasteiger partial charge in [-0.05, 0) is 66.6 Å². The Balaban J connectivity index is 1.36. The van der Waals surface area contributed by atoms with Crippen molar-refractivity contribution in [3.8, 4) is 0 Å². The van der Waals surface area contributed by atoms with Crippen molar-refractivity contribution in [2.75, 3.05) is 16.8 Å². The summed E-state index contributed by atoms with van der Waals surface area (Å²) in [4.78, 5) is 43.1. The van der Waals surface area contributed by atoms with Crippen LogP contribution in [0, 0.1) is 5.82 Å². The second-order valence-corrected chi connectivity index (χ2v) is 8.78. The molecule has 0 unspecified atom stereocenters. The van der Waals surface area contributed by atoms with E-state index in [1.54, 1.807) is 29.2 Å². The third-order valence-electron chi connectivity index (χ3n) is 6.35. The molecular formula is C28H25FN4O3. The minimum absolute atomic E-state index is 0.0917. The van der Waals surface area contributed by atoms with E-state index < -0.39 is 17.8 Å². The Morgan fingerprint density at radius 2 is 1.75 bits per heavy atom. The van der Waals surface area contributed by atoms with Crippen molar-refractivity contribution in [3.05, 3.63) is 95.9 Å². The van der Waals surface area contributed by atoms with Gasteiger partial charge in [-0.3, -0.25) is 14.4 Å². The highest BCUT2D eigenvalue weighted by atomic mass is 19.1. The van der Waals surface area contributed by atoms with E-state index in [4.69, 9.17) is 0 Å². The molecule has 1 atom stereocenters. The van der Waals surface area contributed by atoms with Crippen LogP contribution in [0.15, 0.2) is 79.0 Å². The number of halogens is 1. The summed E-state index contributed by atoms with van der Waals surface area (Å²) in [6, 6.07) is 19.1. The minimum Gasteiger partial charge on any atom is -0.361 e. The van der Waals surface area contributed by atoms with E-state index in [9.17, 15) is 18.8 Å². The Hall–Kier alpha value is -4.46. The van der Waals surface area contributed by atoms with Crippen LogP contribution in [0.1, 0.15) is 28.8 Å². The van der Waals surface area contributed by atoms with Crippen LogP contribution in [0.25, 0.3) is 10.9 Å². The Morgan fingerprint density at radius 1 is 1.00 bits per heavy atom. The number of rotatable bonds is 7. The number of benzene rings is 3. The molecule has 4 aromatic rings. The molecule has 3 amide bonds. The van der Waals surface area contributed by atoms with Crippen molar-refractivity contribution < 1.29 is 18.8 Å². The maximum Gasteiger partial charge on any atom is 0.251 e. The van der Waals surface area contributed by atoms with Gasteiger partial charge in [-0.25, -0.2) is 4.39 Å². The number of aromatic nitrogens is 1. The minimum atomic E-state index is -0.887. The number of H-pyrrole nitrogens is 1. The lowest BCUT2D eigenvalue weighted by molar-refractivity contribution is -0.118. The Labute approximate surface area is 207 Å². The first-order chi connectivity index (χ1) is 17.5. The summed E-state index contributed by atoms with van der Waals surface area (Å²) in [5, 5.41) is 6.63. The van der Waals surface area contributed by atoms with Gasteiger partial charge in [0.15, 0.2) is 0 Å². The summed E-state index contributed by atoms with van der Waals surface area (Å²) in [6.45, 7) is 0.687. The molecule has 8 heteroatoms. The largest absolute Gasteiger partial charge is 0.361 e. The van der Waals surface area contributed by atoms with Gasteiger partial charge in [0.25, 0.3) is 5.91 Å². The van der Waals surface area contributed by atoms with Gasteiger partial charge in [-0.15, -0.1) is 0 Å². The van der Waals surface area contributed by atoms with E-state index in [1.807, 2.05) is 30.5 Å². The lowest BCUT2D eigenvalue weighted by Gasteiger charge is -2.19. The molecular weight excluding hydrogens is 459 g/mol. The fourth-order valence-corrected chi connectivity index (χ4v) is 4.45. The van der Waals surface area contributed by atoms with Gasteiger partial charge in [0.1, 0.15) is 11.9 Å². The number of carbonyl (C=O) groups excluding carboxylic acids is 3. The number of hydrogen-bond acceptors (Lipinski definition) is 3. The van der Waals surface area contributed by atoms with E-state index in [1.165, 1.54) is 24.3 Å². The van der Waals surface area contributed by atoms with Gasteiger partial charge < -0.3 is 20.5 Å². The number of amides is 3. The van der Waals surface area contributed by atoms with Crippen molar-refractivity contribution in [1.82, 2.24) is 10.3 Å². The molecule has 1 fully saturated rings. The molecule has 1 saturated heterocycles. The topological polar surface area (TPSA) is 94.3 Å². The number of fused-ring (bicyclic) bond motifs is 1. The molecule has 0 radical (unpaired) electrons. The zero-order valence-corrected chi connectivity index (χ0v) is 19.5. The van der Waals surface area contributed by atoms with Crippen molar-refractivity contribution in [1.29, 1.82) is 0 Å². The first kappa shape index (κ1) is 23.3. The van der Waals surface area contributed by atoms with Crippen molar-refractivity contribution in [3.63, 3.8) is 0 Å². The third-order valence-corrected chi connectivity index (χ3v) is 6.35. The van der Waals surface area contributed by atoms with Gasteiger partial charge in [0, 0.05) is 53.4 Å². The summed E-state index contributed by atoms with van der Waals surface area (Å²) in [6.07, 6.45) is 3.46. The van der Waals surface area contributed by atoms with E-state index in [0.717, 1.165) is 28.6 Å². The molecule has 7 nitrogen and oxygen atoms in total. The standard InChI is InChI=1S/C28H25FN4O3/c29-20-9-7-18(8-10-20)27(35)32-25(16-19-17-30-24-5-2-1-4-23(19)24)28(36)31-21-11-13-22(14-12-21)33-15-3-6-26(33)34/h1-2,4-5,7-14,17,25,30H,3,6,15-16H2,(H,31,36)(H,32,35)/t25-/m1/s1. The lowest BCUT2D eigenvalue weighted by Crippen LogP contribution is -2.45. The molecule has 0 bridgehead atoms. The molecule has 0 spiro atoms. The normalized spacial score (nSPS) is 14.1. The summed E-state index contributed by atoms with van der Waals surface area (Å²) < 4.78 is 13.3. The average molecular weight is 485 g/mol.